The largest absolute Gasteiger partial charge is 0.456 e. The molecule has 1 aliphatic heterocycles. The Morgan fingerprint density at radius 3 is 3.20 bits per heavy atom. The molecule has 1 fully saturated rings. The van der Waals surface area contributed by atoms with Crippen LogP contribution in [-0.4, -0.2) is 56.6 Å². The number of rotatable bonds is 5. The van der Waals surface area contributed by atoms with Gasteiger partial charge in [-0.1, -0.05) is 18.2 Å². The van der Waals surface area contributed by atoms with Crippen molar-refractivity contribution < 1.29 is 23.3 Å². The summed E-state index contributed by atoms with van der Waals surface area (Å²) in [4.78, 5) is 11.0. The van der Waals surface area contributed by atoms with E-state index in [0.717, 1.165) is 7.09 Å². The highest BCUT2D eigenvalue weighted by molar-refractivity contribution is 8.27. The zero-order valence-corrected chi connectivity index (χ0v) is 9.74. The molecule has 0 spiro atoms. The third-order valence-corrected chi connectivity index (χ3v) is 2.71. The molecule has 85 valence electrons. The molecule has 4 atom stereocenters. The second-order valence-electron chi connectivity index (χ2n) is 3.02. The first-order valence-corrected chi connectivity index (χ1v) is 6.46. The number of halogens is 1. The smallest absolute Gasteiger partial charge is 0.343 e. The van der Waals surface area contributed by atoms with Gasteiger partial charge in [0.25, 0.3) is 0 Å². The Balaban J connectivity index is 2.58. The van der Waals surface area contributed by atoms with Crippen LogP contribution >= 0.6 is 8.02 Å². The first-order valence-electron chi connectivity index (χ1n) is 4.60. The summed E-state index contributed by atoms with van der Waals surface area (Å²) < 4.78 is 29.9. The van der Waals surface area contributed by atoms with Crippen LogP contribution in [0.5, 0.6) is 0 Å². The normalized spacial score (nSPS) is 33.7. The van der Waals surface area contributed by atoms with Crippen LogP contribution in [0.25, 0.3) is 0 Å². The SMILES string of the molecule is [3H][B]S(=P)OC[C@H]1OC(=O)C(F)[C@H]1N(C)O. The van der Waals surface area contributed by atoms with Gasteiger partial charge in [0.1, 0.15) is 12.1 Å². The lowest BCUT2D eigenvalue weighted by atomic mass is 10.1. The van der Waals surface area contributed by atoms with Crippen molar-refractivity contribution in [2.24, 2.45) is 0 Å². The van der Waals surface area contributed by atoms with E-state index >= 15 is 0 Å². The summed E-state index contributed by atoms with van der Waals surface area (Å²) in [5.41, 5.74) is 0. The van der Waals surface area contributed by atoms with Gasteiger partial charge in [-0.05, 0) is 1.34 Å². The lowest BCUT2D eigenvalue weighted by Gasteiger charge is -2.22. The van der Waals surface area contributed by atoms with Crippen LogP contribution < -0.4 is 0 Å². The van der Waals surface area contributed by atoms with Crippen LogP contribution in [0.4, 0.5) is 4.39 Å². The number of carbonyl (C=O) groups excluding carboxylic acids is 1. The molecular formula is C6H11BFNO4PS. The van der Waals surface area contributed by atoms with E-state index in [9.17, 15) is 14.4 Å². The number of esters is 1. The molecule has 0 aromatic rings. The molecule has 1 rings (SSSR count). The van der Waals surface area contributed by atoms with Crippen molar-refractivity contribution in [1.29, 1.82) is 1.34 Å². The zero-order chi connectivity index (χ0) is 12.3. The first kappa shape index (κ1) is 11.5. The van der Waals surface area contributed by atoms with Crippen LogP contribution in [0.15, 0.2) is 0 Å². The van der Waals surface area contributed by atoms with Crippen LogP contribution in [0.3, 0.4) is 0 Å². The molecule has 0 amide bonds. The Hall–Kier alpha value is -0.00506. The Morgan fingerprint density at radius 2 is 2.67 bits per heavy atom. The van der Waals surface area contributed by atoms with E-state index in [1.54, 1.807) is 0 Å². The highest BCUT2D eigenvalue weighted by Crippen LogP contribution is 2.22. The van der Waals surface area contributed by atoms with Crippen LogP contribution in [-0.2, 0) is 23.9 Å². The second kappa shape index (κ2) is 5.36. The van der Waals surface area contributed by atoms with Gasteiger partial charge >= 0.3 is 5.97 Å². The average molecular weight is 256 g/mol. The highest BCUT2D eigenvalue weighted by atomic mass is 32.5. The molecule has 1 aliphatic rings. The Labute approximate surface area is 93.5 Å². The summed E-state index contributed by atoms with van der Waals surface area (Å²) >= 11 is 0. The van der Waals surface area contributed by atoms with E-state index in [2.05, 4.69) is 8.02 Å². The summed E-state index contributed by atoms with van der Waals surface area (Å²) in [7, 11) is 4.43. The molecule has 9 heteroatoms. The predicted molar refractivity (Wildman–Crippen MR) is 56.9 cm³/mol. The molecule has 1 N–H and O–H groups in total. The second-order valence-corrected chi connectivity index (χ2v) is 5.06. The van der Waals surface area contributed by atoms with Gasteiger partial charge in [-0.25, -0.2) is 9.18 Å². The minimum absolute atomic E-state index is 0.0935. The molecule has 0 bridgehead atoms. The summed E-state index contributed by atoms with van der Waals surface area (Å²) in [5, 5.41) is 9.78. The zero-order valence-electron chi connectivity index (χ0n) is 8.92. The van der Waals surface area contributed by atoms with Gasteiger partial charge in [-0.3, -0.25) is 0 Å². The van der Waals surface area contributed by atoms with Crippen molar-refractivity contribution in [2.45, 2.75) is 18.3 Å². The maximum atomic E-state index is 13.3. The van der Waals surface area contributed by atoms with E-state index in [1.165, 1.54) is 7.05 Å². The lowest BCUT2D eigenvalue weighted by Crippen LogP contribution is -2.43. The van der Waals surface area contributed by atoms with Crippen LogP contribution in [0.1, 0.15) is 0 Å². The molecule has 5 nitrogen and oxygen atoms in total. The minimum Gasteiger partial charge on any atom is -0.456 e. The molecule has 0 saturated carbocycles. The van der Waals surface area contributed by atoms with E-state index in [4.69, 9.17) is 10.3 Å². The maximum absolute atomic E-state index is 13.3. The topological polar surface area (TPSA) is 59.0 Å². The summed E-state index contributed by atoms with van der Waals surface area (Å²) in [6, 6.07) is -1.08. The number of cyclic esters (lactones) is 1. The van der Waals surface area contributed by atoms with Crippen molar-refractivity contribution >= 4 is 31.3 Å². The third-order valence-electron chi connectivity index (χ3n) is 1.96. The highest BCUT2D eigenvalue weighted by Gasteiger charge is 2.47. The molecule has 0 aromatic heterocycles. The van der Waals surface area contributed by atoms with Gasteiger partial charge < -0.3 is 14.1 Å². The van der Waals surface area contributed by atoms with Crippen molar-refractivity contribution in [3.8, 4) is 0 Å². The van der Waals surface area contributed by atoms with Crippen molar-refractivity contribution in [3.63, 3.8) is 0 Å². The van der Waals surface area contributed by atoms with Gasteiger partial charge in [0, 0.05) is 7.05 Å². The number of hydroxylamine groups is 2. The maximum Gasteiger partial charge on any atom is 0.343 e. The Morgan fingerprint density at radius 1 is 2.00 bits per heavy atom. The number of nitrogens with zero attached hydrogens (tertiary/aromatic N) is 1. The number of alkyl halides is 1. The Kier molecular flexibility index (Phi) is 4.10. The predicted octanol–water partition coefficient (Wildman–Crippen LogP) is -0.637. The fourth-order valence-electron chi connectivity index (χ4n) is 1.31. The van der Waals surface area contributed by atoms with Gasteiger partial charge in [-0.15, -0.1) is 0 Å². The molecule has 15 heavy (non-hydrogen) atoms. The fraction of sp³-hybridized carbons (Fsp3) is 0.833. The number of ether oxygens (including phenoxy) is 1. The van der Waals surface area contributed by atoms with Crippen LogP contribution in [0.2, 0.25) is 0 Å². The van der Waals surface area contributed by atoms with Crippen molar-refractivity contribution in [3.05, 3.63) is 0 Å². The van der Waals surface area contributed by atoms with E-state index in [0.29, 0.717) is 5.06 Å². The number of likely N-dealkylation sites (N-methyl/N-ethyl adjacent to an activating group) is 1. The molecular weight excluding hydrogens is 243 g/mol. The molecule has 0 aliphatic carbocycles. The minimum atomic E-state index is -1.89. The summed E-state index contributed by atoms with van der Waals surface area (Å²) in [6.45, 7) is -0.0935. The molecule has 1 heterocycles. The Bertz CT molecular complexity index is 300. The van der Waals surface area contributed by atoms with Crippen LogP contribution in [0, 0.1) is 0 Å². The molecule has 2 unspecified atom stereocenters. The van der Waals surface area contributed by atoms with Gasteiger partial charge in [-0.2, -0.15) is 5.06 Å². The number of carbonyl (C=O) groups is 1. The lowest BCUT2D eigenvalue weighted by molar-refractivity contribution is -0.145. The number of hydrogen-bond donors (Lipinski definition) is 1. The third kappa shape index (κ3) is 3.22. The molecule has 1 saturated heterocycles. The molecule has 0 aromatic carbocycles. The average Bonchev–Trinajstić information content (AvgIpc) is 2.51. The van der Waals surface area contributed by atoms with Crippen molar-refractivity contribution in [1.82, 2.24) is 5.06 Å². The summed E-state index contributed by atoms with van der Waals surface area (Å²) in [5.74, 6) is -1.01. The molecule has 1 radical (unpaired) electrons. The van der Waals surface area contributed by atoms with Gasteiger partial charge in [0.05, 0.1) is 6.61 Å². The van der Waals surface area contributed by atoms with E-state index in [-0.39, 0.29) is 6.61 Å². The van der Waals surface area contributed by atoms with E-state index < -0.39 is 34.5 Å². The summed E-state index contributed by atoms with van der Waals surface area (Å²) in [6.07, 6.45) is -2.77. The quantitative estimate of drug-likeness (QED) is 0.307. The first-order chi connectivity index (χ1) is 7.47. The number of hydrogen-bond acceptors (Lipinski definition) is 5. The van der Waals surface area contributed by atoms with Gasteiger partial charge in [0.2, 0.25) is 13.3 Å². The standard InChI is InChI=1S/C6H11BFNO4PS/c1-9(11)5-3(2-12-15(7)14)13-6(10)4(5)8/h3-5,7,11,14H,2H2,1H3/t3-,4?,5+,15?/m1/s1/i7T. The van der Waals surface area contributed by atoms with Crippen molar-refractivity contribution in [2.75, 3.05) is 13.7 Å². The van der Waals surface area contributed by atoms with E-state index in [1.807, 2.05) is 0 Å². The van der Waals surface area contributed by atoms with Gasteiger partial charge in [0.15, 0.2) is 0 Å². The monoisotopic (exact) mass is 256 g/mol. The fourth-order valence-corrected chi connectivity index (χ4v) is 1.80.